The van der Waals surface area contributed by atoms with Crippen LogP contribution in [0.15, 0.2) is 77.3 Å². The Morgan fingerprint density at radius 1 is 0.720 bits per heavy atom. The van der Waals surface area contributed by atoms with Crippen molar-refractivity contribution < 1.29 is 0 Å². The summed E-state index contributed by atoms with van der Waals surface area (Å²) in [4.78, 5) is 2.29. The lowest BCUT2D eigenvalue weighted by Gasteiger charge is -2.27. The molecule has 3 aromatic rings. The first-order chi connectivity index (χ1) is 11.9. The Labute approximate surface area is 159 Å². The second kappa shape index (κ2) is 7.05. The van der Waals surface area contributed by atoms with Gasteiger partial charge in [-0.1, -0.05) is 62.7 Å². The van der Waals surface area contributed by atoms with E-state index in [2.05, 4.69) is 115 Å². The molecule has 0 saturated carbocycles. The average molecular weight is 394 g/mol. The van der Waals surface area contributed by atoms with Crippen molar-refractivity contribution in [3.8, 4) is 0 Å². The summed E-state index contributed by atoms with van der Waals surface area (Å²) in [6.45, 7) is 8.85. The summed E-state index contributed by atoms with van der Waals surface area (Å²) in [5, 5.41) is 0. The summed E-state index contributed by atoms with van der Waals surface area (Å²) >= 11 is 3.71. The van der Waals surface area contributed by atoms with Crippen LogP contribution in [-0.2, 0) is 5.41 Å². The second-order valence-electron chi connectivity index (χ2n) is 7.42. The van der Waals surface area contributed by atoms with E-state index in [-0.39, 0.29) is 5.41 Å². The molecule has 3 rings (SSSR count). The molecular weight excluding hydrogens is 370 g/mol. The van der Waals surface area contributed by atoms with Crippen LogP contribution in [0.3, 0.4) is 0 Å². The van der Waals surface area contributed by atoms with Gasteiger partial charge in [0, 0.05) is 15.8 Å². The van der Waals surface area contributed by atoms with Crippen molar-refractivity contribution in [2.75, 3.05) is 4.90 Å². The molecule has 0 aliphatic rings. The molecule has 0 unspecified atom stereocenters. The van der Waals surface area contributed by atoms with Gasteiger partial charge >= 0.3 is 0 Å². The van der Waals surface area contributed by atoms with Crippen LogP contribution in [0.1, 0.15) is 31.9 Å². The predicted molar refractivity (Wildman–Crippen MR) is 112 cm³/mol. The highest BCUT2D eigenvalue weighted by Crippen LogP contribution is 2.39. The summed E-state index contributed by atoms with van der Waals surface area (Å²) in [6, 6.07) is 25.9. The first kappa shape index (κ1) is 17.8. The molecule has 0 spiro atoms. The lowest BCUT2D eigenvalue weighted by atomic mass is 9.87. The minimum absolute atomic E-state index is 0.153. The molecular formula is C23H24BrN. The van der Waals surface area contributed by atoms with Crippen LogP contribution >= 0.6 is 15.9 Å². The smallest absolute Gasteiger partial charge is 0.0603 e. The fourth-order valence-electron chi connectivity index (χ4n) is 2.86. The molecule has 3 aromatic carbocycles. The van der Waals surface area contributed by atoms with E-state index in [0.29, 0.717) is 0 Å². The lowest BCUT2D eigenvalue weighted by molar-refractivity contribution is 0.590. The molecule has 0 saturated heterocycles. The number of hydrogen-bond donors (Lipinski definition) is 0. The zero-order chi connectivity index (χ0) is 18.0. The second-order valence-corrected chi connectivity index (χ2v) is 8.27. The van der Waals surface area contributed by atoms with Gasteiger partial charge in [-0.25, -0.2) is 0 Å². The molecule has 0 radical (unpaired) electrons. The van der Waals surface area contributed by atoms with Gasteiger partial charge in [0.05, 0.1) is 5.69 Å². The summed E-state index contributed by atoms with van der Waals surface area (Å²) in [6.07, 6.45) is 0. The SMILES string of the molecule is Cc1ccc(N(c2ccc(C(C)(C)C)cc2)c2ccccc2Br)cc1. The molecule has 0 amide bonds. The van der Waals surface area contributed by atoms with E-state index in [9.17, 15) is 0 Å². The van der Waals surface area contributed by atoms with Crippen LogP contribution in [0, 0.1) is 6.92 Å². The maximum absolute atomic E-state index is 3.71. The highest BCUT2D eigenvalue weighted by molar-refractivity contribution is 9.10. The van der Waals surface area contributed by atoms with E-state index in [1.165, 1.54) is 11.1 Å². The Kier molecular flexibility index (Phi) is 5.01. The van der Waals surface area contributed by atoms with E-state index in [1.54, 1.807) is 0 Å². The minimum atomic E-state index is 0.153. The van der Waals surface area contributed by atoms with Gasteiger partial charge in [-0.15, -0.1) is 0 Å². The third-order valence-corrected chi connectivity index (χ3v) is 5.05. The van der Waals surface area contributed by atoms with Gasteiger partial charge in [0.15, 0.2) is 0 Å². The number of aryl methyl sites for hydroxylation is 1. The number of halogens is 1. The monoisotopic (exact) mass is 393 g/mol. The van der Waals surface area contributed by atoms with Gasteiger partial charge in [0.2, 0.25) is 0 Å². The molecule has 0 fully saturated rings. The number of rotatable bonds is 3. The molecule has 0 bridgehead atoms. The zero-order valence-corrected chi connectivity index (χ0v) is 16.8. The van der Waals surface area contributed by atoms with Gasteiger partial charge in [0.25, 0.3) is 0 Å². The van der Waals surface area contributed by atoms with Crippen LogP contribution in [0.25, 0.3) is 0 Å². The average Bonchev–Trinajstić information content (AvgIpc) is 2.58. The Hall–Kier alpha value is -2.06. The van der Waals surface area contributed by atoms with Gasteiger partial charge in [0.1, 0.15) is 0 Å². The van der Waals surface area contributed by atoms with Crippen LogP contribution in [-0.4, -0.2) is 0 Å². The Balaban J connectivity index is 2.11. The number of nitrogens with zero attached hydrogens (tertiary/aromatic N) is 1. The molecule has 2 heteroatoms. The maximum Gasteiger partial charge on any atom is 0.0603 e. The quantitative estimate of drug-likeness (QED) is 0.444. The molecule has 0 atom stereocenters. The number of para-hydroxylation sites is 1. The zero-order valence-electron chi connectivity index (χ0n) is 15.3. The maximum atomic E-state index is 3.71. The fourth-order valence-corrected chi connectivity index (χ4v) is 3.33. The number of hydrogen-bond acceptors (Lipinski definition) is 1. The summed E-state index contributed by atoms with van der Waals surface area (Å²) in [7, 11) is 0. The van der Waals surface area contributed by atoms with E-state index >= 15 is 0 Å². The van der Waals surface area contributed by atoms with E-state index < -0.39 is 0 Å². The third kappa shape index (κ3) is 3.96. The van der Waals surface area contributed by atoms with Gasteiger partial charge in [-0.2, -0.15) is 0 Å². The van der Waals surface area contributed by atoms with E-state index in [1.807, 2.05) is 6.07 Å². The van der Waals surface area contributed by atoms with Crippen LogP contribution in [0.4, 0.5) is 17.1 Å². The first-order valence-electron chi connectivity index (χ1n) is 8.58. The highest BCUT2D eigenvalue weighted by atomic mass is 79.9. The summed E-state index contributed by atoms with van der Waals surface area (Å²) in [5.41, 5.74) is 6.20. The summed E-state index contributed by atoms with van der Waals surface area (Å²) in [5.74, 6) is 0. The van der Waals surface area contributed by atoms with Crippen molar-refractivity contribution in [3.05, 3.63) is 88.4 Å². The van der Waals surface area contributed by atoms with Crippen molar-refractivity contribution in [1.82, 2.24) is 0 Å². The Morgan fingerprint density at radius 3 is 1.76 bits per heavy atom. The van der Waals surface area contributed by atoms with E-state index in [4.69, 9.17) is 0 Å². The van der Waals surface area contributed by atoms with Crippen molar-refractivity contribution >= 4 is 33.0 Å². The van der Waals surface area contributed by atoms with Crippen LogP contribution in [0.2, 0.25) is 0 Å². The lowest BCUT2D eigenvalue weighted by Crippen LogP contribution is -2.13. The topological polar surface area (TPSA) is 3.24 Å². The van der Waals surface area contributed by atoms with Crippen molar-refractivity contribution in [3.63, 3.8) is 0 Å². The van der Waals surface area contributed by atoms with Gasteiger partial charge < -0.3 is 4.90 Å². The standard InChI is InChI=1S/C23H24BrN/c1-17-9-13-19(14-10-17)25(22-8-6-5-7-21(22)24)20-15-11-18(12-16-20)23(2,3)4/h5-16H,1-4H3. The molecule has 0 aromatic heterocycles. The first-order valence-corrected chi connectivity index (χ1v) is 9.37. The van der Waals surface area contributed by atoms with Gasteiger partial charge in [-0.05, 0) is 70.2 Å². The highest BCUT2D eigenvalue weighted by Gasteiger charge is 2.17. The molecule has 25 heavy (non-hydrogen) atoms. The largest absolute Gasteiger partial charge is 0.309 e. The van der Waals surface area contributed by atoms with Crippen LogP contribution in [0.5, 0.6) is 0 Å². The molecule has 0 N–H and O–H groups in total. The molecule has 128 valence electrons. The Morgan fingerprint density at radius 2 is 1.24 bits per heavy atom. The number of benzene rings is 3. The van der Waals surface area contributed by atoms with Crippen molar-refractivity contribution in [2.45, 2.75) is 33.1 Å². The van der Waals surface area contributed by atoms with Crippen molar-refractivity contribution in [2.24, 2.45) is 0 Å². The van der Waals surface area contributed by atoms with Crippen LogP contribution < -0.4 is 4.90 Å². The van der Waals surface area contributed by atoms with Gasteiger partial charge in [-0.3, -0.25) is 0 Å². The minimum Gasteiger partial charge on any atom is -0.309 e. The molecule has 0 aliphatic heterocycles. The normalized spacial score (nSPS) is 11.4. The number of anilines is 3. The van der Waals surface area contributed by atoms with E-state index in [0.717, 1.165) is 21.5 Å². The molecule has 0 heterocycles. The molecule has 0 aliphatic carbocycles. The fraction of sp³-hybridized carbons (Fsp3) is 0.217. The summed E-state index contributed by atoms with van der Waals surface area (Å²) < 4.78 is 1.08. The Bertz CT molecular complexity index is 843. The molecule has 1 nitrogen and oxygen atoms in total. The van der Waals surface area contributed by atoms with Crippen molar-refractivity contribution in [1.29, 1.82) is 0 Å². The third-order valence-electron chi connectivity index (χ3n) is 4.38. The predicted octanol–water partition coefficient (Wildman–Crippen LogP) is 7.52.